The zero-order valence-electron chi connectivity index (χ0n) is 16.3. The monoisotopic (exact) mass is 391 g/mol. The van der Waals surface area contributed by atoms with Crippen molar-refractivity contribution in [2.24, 2.45) is 0 Å². The van der Waals surface area contributed by atoms with Crippen LogP contribution in [0.4, 0.5) is 10.1 Å². The number of benzene rings is 2. The molecule has 3 aromatic rings. The molecular formula is C23H22FN3O2. The third kappa shape index (κ3) is 5.25. The molecule has 2 aromatic carbocycles. The lowest BCUT2D eigenvalue weighted by Crippen LogP contribution is -2.24. The van der Waals surface area contributed by atoms with Gasteiger partial charge in [-0.1, -0.05) is 44.2 Å². The number of carbonyl (C=O) groups is 2. The summed E-state index contributed by atoms with van der Waals surface area (Å²) >= 11 is 0. The van der Waals surface area contributed by atoms with Crippen LogP contribution in [0.1, 0.15) is 51.7 Å². The van der Waals surface area contributed by atoms with Crippen LogP contribution in [0.3, 0.4) is 0 Å². The first-order chi connectivity index (χ1) is 13.9. The number of nitrogens with zero attached hydrogens (tertiary/aromatic N) is 1. The number of nitrogens with one attached hydrogen (secondary N) is 2. The number of aromatic nitrogens is 1. The quantitative estimate of drug-likeness (QED) is 0.649. The molecule has 0 unspecified atom stereocenters. The summed E-state index contributed by atoms with van der Waals surface area (Å²) in [4.78, 5) is 28.9. The molecule has 6 heteroatoms. The van der Waals surface area contributed by atoms with Crippen molar-refractivity contribution in [2.75, 3.05) is 5.32 Å². The van der Waals surface area contributed by atoms with Crippen molar-refractivity contribution >= 4 is 17.5 Å². The van der Waals surface area contributed by atoms with Crippen LogP contribution in [0.25, 0.3) is 0 Å². The Kier molecular flexibility index (Phi) is 6.34. The zero-order valence-corrected chi connectivity index (χ0v) is 16.3. The van der Waals surface area contributed by atoms with Crippen LogP contribution < -0.4 is 10.6 Å². The van der Waals surface area contributed by atoms with Crippen molar-refractivity contribution in [3.63, 3.8) is 0 Å². The molecular weight excluding hydrogens is 369 g/mol. The van der Waals surface area contributed by atoms with Crippen LogP contribution in [0.5, 0.6) is 0 Å². The second-order valence-corrected chi connectivity index (χ2v) is 6.93. The molecule has 0 saturated heterocycles. The summed E-state index contributed by atoms with van der Waals surface area (Å²) in [7, 11) is 0. The Hall–Kier alpha value is -3.54. The lowest BCUT2D eigenvalue weighted by Gasteiger charge is -2.09. The van der Waals surface area contributed by atoms with Gasteiger partial charge in [-0.3, -0.25) is 14.6 Å². The van der Waals surface area contributed by atoms with Gasteiger partial charge < -0.3 is 10.6 Å². The van der Waals surface area contributed by atoms with Crippen molar-refractivity contribution in [1.29, 1.82) is 0 Å². The first-order valence-corrected chi connectivity index (χ1v) is 9.33. The first-order valence-electron chi connectivity index (χ1n) is 9.33. The summed E-state index contributed by atoms with van der Waals surface area (Å²) in [5.74, 6) is -0.802. The number of hydrogen-bond donors (Lipinski definition) is 2. The minimum absolute atomic E-state index is 0.0531. The molecule has 0 atom stereocenters. The van der Waals surface area contributed by atoms with Crippen molar-refractivity contribution in [3.8, 4) is 0 Å². The Bertz CT molecular complexity index is 1020. The van der Waals surface area contributed by atoms with Gasteiger partial charge in [0.25, 0.3) is 11.8 Å². The molecule has 0 radical (unpaired) electrons. The Morgan fingerprint density at radius 2 is 1.72 bits per heavy atom. The number of rotatable bonds is 6. The van der Waals surface area contributed by atoms with Crippen molar-refractivity contribution in [1.82, 2.24) is 10.3 Å². The molecule has 3 rings (SSSR count). The number of hydrogen-bond acceptors (Lipinski definition) is 3. The molecule has 1 heterocycles. The van der Waals surface area contributed by atoms with E-state index in [4.69, 9.17) is 0 Å². The van der Waals surface area contributed by atoms with Crippen LogP contribution in [-0.4, -0.2) is 16.8 Å². The highest BCUT2D eigenvalue weighted by Gasteiger charge is 2.13. The van der Waals surface area contributed by atoms with E-state index in [2.05, 4.69) is 29.5 Å². The zero-order chi connectivity index (χ0) is 20.8. The van der Waals surface area contributed by atoms with E-state index in [1.54, 1.807) is 18.2 Å². The van der Waals surface area contributed by atoms with Gasteiger partial charge in [0.1, 0.15) is 11.5 Å². The van der Waals surface area contributed by atoms with Gasteiger partial charge in [-0.05, 0) is 41.8 Å². The molecule has 0 aliphatic rings. The molecule has 148 valence electrons. The predicted molar refractivity (Wildman–Crippen MR) is 110 cm³/mol. The third-order valence-electron chi connectivity index (χ3n) is 4.49. The number of amides is 2. The fraction of sp³-hybridized carbons (Fsp3) is 0.174. The normalized spacial score (nSPS) is 10.6. The maximum atomic E-state index is 13.7. The van der Waals surface area contributed by atoms with Gasteiger partial charge in [-0.15, -0.1) is 0 Å². The second kappa shape index (κ2) is 9.10. The van der Waals surface area contributed by atoms with E-state index in [-0.39, 0.29) is 23.6 Å². The van der Waals surface area contributed by atoms with Crippen LogP contribution in [0, 0.1) is 5.82 Å². The Morgan fingerprint density at radius 3 is 2.41 bits per heavy atom. The largest absolute Gasteiger partial charge is 0.348 e. The van der Waals surface area contributed by atoms with Gasteiger partial charge >= 0.3 is 0 Å². The van der Waals surface area contributed by atoms with E-state index < -0.39 is 11.8 Å². The highest BCUT2D eigenvalue weighted by Crippen LogP contribution is 2.17. The summed E-state index contributed by atoms with van der Waals surface area (Å²) in [5, 5.41) is 5.42. The Labute approximate surface area is 169 Å². The van der Waals surface area contributed by atoms with Gasteiger partial charge in [0.15, 0.2) is 0 Å². The second-order valence-electron chi connectivity index (χ2n) is 6.93. The summed E-state index contributed by atoms with van der Waals surface area (Å²) < 4.78 is 13.7. The summed E-state index contributed by atoms with van der Waals surface area (Å²) in [6, 6.07) is 16.7. The van der Waals surface area contributed by atoms with Gasteiger partial charge in [0, 0.05) is 29.6 Å². The highest BCUT2D eigenvalue weighted by atomic mass is 19.1. The molecule has 0 aliphatic heterocycles. The van der Waals surface area contributed by atoms with Crippen molar-refractivity contribution in [3.05, 3.63) is 95.1 Å². The minimum Gasteiger partial charge on any atom is -0.348 e. The summed E-state index contributed by atoms with van der Waals surface area (Å²) in [5.41, 5.74) is 2.61. The standard InChI is InChI=1S/C23H22FN3O2/c1-15(2)16-7-9-19(10-8-16)27-23(29)21-13-17(11-12-25-21)22(28)26-14-18-5-3-4-6-20(18)24/h3-13,15H,14H2,1-2H3,(H,26,28)(H,27,29). The van der Waals surface area contributed by atoms with Crippen LogP contribution in [0.2, 0.25) is 0 Å². The first kappa shape index (κ1) is 20.2. The summed E-state index contributed by atoms with van der Waals surface area (Å²) in [6.45, 7) is 4.25. The molecule has 5 nitrogen and oxygen atoms in total. The van der Waals surface area contributed by atoms with Gasteiger partial charge in [-0.2, -0.15) is 0 Å². The van der Waals surface area contributed by atoms with Crippen LogP contribution in [0.15, 0.2) is 66.9 Å². The number of carbonyl (C=O) groups excluding carboxylic acids is 2. The Morgan fingerprint density at radius 1 is 1.00 bits per heavy atom. The van der Waals surface area contributed by atoms with Gasteiger partial charge in [0.2, 0.25) is 0 Å². The average Bonchev–Trinajstić information content (AvgIpc) is 2.73. The van der Waals surface area contributed by atoms with E-state index in [0.717, 1.165) is 0 Å². The molecule has 2 N–H and O–H groups in total. The fourth-order valence-corrected chi connectivity index (χ4v) is 2.76. The summed E-state index contributed by atoms with van der Waals surface area (Å²) in [6.07, 6.45) is 1.40. The molecule has 29 heavy (non-hydrogen) atoms. The van der Waals surface area contributed by atoms with E-state index in [9.17, 15) is 14.0 Å². The molecule has 1 aromatic heterocycles. The minimum atomic E-state index is -0.411. The van der Waals surface area contributed by atoms with Gasteiger partial charge in [0.05, 0.1) is 0 Å². The van der Waals surface area contributed by atoms with Crippen LogP contribution >= 0.6 is 0 Å². The van der Waals surface area contributed by atoms with Gasteiger partial charge in [-0.25, -0.2) is 4.39 Å². The molecule has 0 bridgehead atoms. The highest BCUT2D eigenvalue weighted by molar-refractivity contribution is 6.04. The third-order valence-corrected chi connectivity index (χ3v) is 4.49. The molecule has 0 aliphatic carbocycles. The molecule has 2 amide bonds. The topological polar surface area (TPSA) is 71.1 Å². The van der Waals surface area contributed by atoms with Crippen LogP contribution in [-0.2, 0) is 6.54 Å². The fourth-order valence-electron chi connectivity index (χ4n) is 2.76. The van der Waals surface area contributed by atoms with E-state index in [0.29, 0.717) is 17.2 Å². The SMILES string of the molecule is CC(C)c1ccc(NC(=O)c2cc(C(=O)NCc3ccccc3F)ccn2)cc1. The molecule has 0 saturated carbocycles. The average molecular weight is 391 g/mol. The maximum absolute atomic E-state index is 13.7. The number of pyridine rings is 1. The van der Waals surface area contributed by atoms with E-state index >= 15 is 0 Å². The number of anilines is 1. The number of halogens is 1. The van der Waals surface area contributed by atoms with Crippen molar-refractivity contribution in [2.45, 2.75) is 26.3 Å². The Balaban J connectivity index is 1.65. The molecule has 0 spiro atoms. The lowest BCUT2D eigenvalue weighted by molar-refractivity contribution is 0.0950. The molecule has 0 fully saturated rings. The van der Waals surface area contributed by atoms with E-state index in [1.165, 1.54) is 30.0 Å². The van der Waals surface area contributed by atoms with Crippen molar-refractivity contribution < 1.29 is 14.0 Å². The van der Waals surface area contributed by atoms with E-state index in [1.807, 2.05) is 24.3 Å². The maximum Gasteiger partial charge on any atom is 0.274 e. The predicted octanol–water partition coefficient (Wildman–Crippen LogP) is 4.53. The smallest absolute Gasteiger partial charge is 0.274 e. The lowest BCUT2D eigenvalue weighted by atomic mass is 10.0.